The number of anilines is 2. The van der Waals surface area contributed by atoms with Crippen molar-refractivity contribution in [1.29, 1.82) is 0 Å². The molecule has 0 spiro atoms. The largest absolute Gasteiger partial charge is 0.452 e. The predicted octanol–water partition coefficient (Wildman–Crippen LogP) is 5.84. The molecule has 0 aliphatic carbocycles. The molecule has 1 heterocycles. The van der Waals surface area contributed by atoms with Crippen LogP contribution in [0.5, 0.6) is 11.5 Å². The van der Waals surface area contributed by atoms with Crippen LogP contribution in [0.2, 0.25) is 0 Å². The molecule has 1 N–H and O–H groups in total. The second-order valence-corrected chi connectivity index (χ2v) is 5.55. The van der Waals surface area contributed by atoms with Crippen molar-refractivity contribution < 1.29 is 4.74 Å². The molecule has 104 valence electrons. The topological polar surface area (TPSA) is 21.3 Å². The van der Waals surface area contributed by atoms with Crippen molar-refractivity contribution in [1.82, 2.24) is 0 Å². The summed E-state index contributed by atoms with van der Waals surface area (Å²) in [5.74, 6) is 1.81. The van der Waals surface area contributed by atoms with Gasteiger partial charge < -0.3 is 10.1 Å². The molecule has 0 saturated carbocycles. The lowest BCUT2D eigenvalue weighted by atomic mass is 10.0. The number of hydrogen-bond donors (Lipinski definition) is 1. The van der Waals surface area contributed by atoms with Crippen LogP contribution in [0.25, 0.3) is 21.5 Å². The minimum atomic E-state index is 0.905. The lowest BCUT2D eigenvalue weighted by molar-refractivity contribution is 0.492. The molecular weight excluding hydrogens is 270 g/mol. The molecule has 4 aromatic rings. The van der Waals surface area contributed by atoms with Crippen molar-refractivity contribution in [3.8, 4) is 11.5 Å². The molecule has 0 aromatic heterocycles. The van der Waals surface area contributed by atoms with E-state index in [9.17, 15) is 0 Å². The molecule has 4 aromatic carbocycles. The van der Waals surface area contributed by atoms with Crippen molar-refractivity contribution in [3.05, 3.63) is 72.8 Å². The Morgan fingerprint density at radius 1 is 0.545 bits per heavy atom. The van der Waals surface area contributed by atoms with Crippen molar-refractivity contribution in [2.45, 2.75) is 0 Å². The molecule has 1 aliphatic rings. The van der Waals surface area contributed by atoms with E-state index in [1.165, 1.54) is 10.8 Å². The number of hydrogen-bond acceptors (Lipinski definition) is 2. The molecule has 0 bridgehead atoms. The SMILES string of the molecule is c1ccc2c3c(ccc2c1)Nc1ccc2ccccc2c1O3. The van der Waals surface area contributed by atoms with Gasteiger partial charge in [0.1, 0.15) is 0 Å². The van der Waals surface area contributed by atoms with E-state index in [4.69, 9.17) is 4.74 Å². The maximum Gasteiger partial charge on any atom is 0.158 e. The van der Waals surface area contributed by atoms with Gasteiger partial charge in [0, 0.05) is 10.8 Å². The van der Waals surface area contributed by atoms with Gasteiger partial charge in [0.2, 0.25) is 0 Å². The predicted molar refractivity (Wildman–Crippen MR) is 91.3 cm³/mol. The average Bonchev–Trinajstić information content (AvgIpc) is 2.60. The Morgan fingerprint density at radius 2 is 1.05 bits per heavy atom. The highest BCUT2D eigenvalue weighted by Crippen LogP contribution is 2.48. The number of fused-ring (bicyclic) bond motifs is 6. The van der Waals surface area contributed by atoms with E-state index in [2.05, 4.69) is 53.8 Å². The van der Waals surface area contributed by atoms with E-state index < -0.39 is 0 Å². The summed E-state index contributed by atoms with van der Waals surface area (Å²) in [7, 11) is 0. The third kappa shape index (κ3) is 1.55. The van der Waals surface area contributed by atoms with Crippen molar-refractivity contribution in [2.24, 2.45) is 0 Å². The van der Waals surface area contributed by atoms with E-state index in [-0.39, 0.29) is 0 Å². The summed E-state index contributed by atoms with van der Waals surface area (Å²) in [5, 5.41) is 8.13. The first-order valence-corrected chi connectivity index (χ1v) is 7.38. The number of ether oxygens (including phenoxy) is 1. The van der Waals surface area contributed by atoms with Crippen LogP contribution in [0.3, 0.4) is 0 Å². The smallest absolute Gasteiger partial charge is 0.158 e. The first kappa shape index (κ1) is 11.6. The minimum absolute atomic E-state index is 0.905. The molecule has 2 heteroatoms. The molecule has 0 fully saturated rings. The van der Waals surface area contributed by atoms with E-state index >= 15 is 0 Å². The lowest BCUT2D eigenvalue weighted by Crippen LogP contribution is -2.03. The summed E-state index contributed by atoms with van der Waals surface area (Å²) in [6.07, 6.45) is 0. The zero-order chi connectivity index (χ0) is 14.5. The molecule has 0 amide bonds. The van der Waals surface area contributed by atoms with Crippen molar-refractivity contribution in [3.63, 3.8) is 0 Å². The summed E-state index contributed by atoms with van der Waals surface area (Å²) in [6, 6.07) is 25.0. The van der Waals surface area contributed by atoms with Gasteiger partial charge in [-0.15, -0.1) is 0 Å². The maximum absolute atomic E-state index is 6.34. The van der Waals surface area contributed by atoms with Crippen LogP contribution >= 0.6 is 0 Å². The Bertz CT molecular complexity index is 953. The maximum atomic E-state index is 6.34. The van der Waals surface area contributed by atoms with Gasteiger partial charge in [0.15, 0.2) is 11.5 Å². The summed E-state index contributed by atoms with van der Waals surface area (Å²) < 4.78 is 6.34. The summed E-state index contributed by atoms with van der Waals surface area (Å²) in [4.78, 5) is 0. The summed E-state index contributed by atoms with van der Waals surface area (Å²) in [6.45, 7) is 0. The number of benzene rings is 4. The first-order chi connectivity index (χ1) is 10.9. The highest BCUT2D eigenvalue weighted by molar-refractivity contribution is 6.01. The molecule has 0 radical (unpaired) electrons. The monoisotopic (exact) mass is 283 g/mol. The van der Waals surface area contributed by atoms with Crippen LogP contribution in [0.1, 0.15) is 0 Å². The number of nitrogens with one attached hydrogen (secondary N) is 1. The molecule has 5 rings (SSSR count). The van der Waals surface area contributed by atoms with Crippen LogP contribution in [0.4, 0.5) is 11.4 Å². The second-order valence-electron chi connectivity index (χ2n) is 5.55. The molecule has 0 unspecified atom stereocenters. The second kappa shape index (κ2) is 4.25. The van der Waals surface area contributed by atoms with Crippen LogP contribution in [-0.2, 0) is 0 Å². The fourth-order valence-electron chi connectivity index (χ4n) is 3.15. The van der Waals surface area contributed by atoms with Gasteiger partial charge in [-0.05, 0) is 22.9 Å². The zero-order valence-electron chi connectivity index (χ0n) is 11.8. The third-order valence-electron chi connectivity index (χ3n) is 4.23. The van der Waals surface area contributed by atoms with Crippen LogP contribution in [-0.4, -0.2) is 0 Å². The third-order valence-corrected chi connectivity index (χ3v) is 4.23. The van der Waals surface area contributed by atoms with Crippen LogP contribution in [0, 0.1) is 0 Å². The lowest BCUT2D eigenvalue weighted by Gasteiger charge is -2.24. The standard InChI is InChI=1S/C20H13NO/c1-3-7-15-13(5-1)9-11-17-19(15)22-20-16-8-4-2-6-14(16)10-12-18(20)21-17/h1-12,21H. The fraction of sp³-hybridized carbons (Fsp3) is 0. The van der Waals surface area contributed by atoms with Gasteiger partial charge in [-0.2, -0.15) is 0 Å². The molecule has 22 heavy (non-hydrogen) atoms. The van der Waals surface area contributed by atoms with E-state index in [1.54, 1.807) is 0 Å². The van der Waals surface area contributed by atoms with Gasteiger partial charge in [-0.3, -0.25) is 0 Å². The van der Waals surface area contributed by atoms with Gasteiger partial charge >= 0.3 is 0 Å². The Labute approximate surface area is 128 Å². The summed E-state index contributed by atoms with van der Waals surface area (Å²) >= 11 is 0. The van der Waals surface area contributed by atoms with Crippen LogP contribution < -0.4 is 10.1 Å². The molecular formula is C20H13NO. The van der Waals surface area contributed by atoms with Gasteiger partial charge in [0.25, 0.3) is 0 Å². The van der Waals surface area contributed by atoms with Gasteiger partial charge in [0.05, 0.1) is 11.4 Å². The van der Waals surface area contributed by atoms with Crippen molar-refractivity contribution in [2.75, 3.05) is 5.32 Å². The van der Waals surface area contributed by atoms with E-state index in [0.29, 0.717) is 0 Å². The van der Waals surface area contributed by atoms with E-state index in [0.717, 1.165) is 33.6 Å². The Morgan fingerprint density at radius 3 is 1.59 bits per heavy atom. The van der Waals surface area contributed by atoms with Crippen molar-refractivity contribution >= 4 is 32.9 Å². The zero-order valence-corrected chi connectivity index (χ0v) is 11.8. The highest BCUT2D eigenvalue weighted by Gasteiger charge is 2.20. The normalized spacial score (nSPS) is 12.4. The Balaban J connectivity index is 1.80. The van der Waals surface area contributed by atoms with Gasteiger partial charge in [-0.1, -0.05) is 60.7 Å². The summed E-state index contributed by atoms with van der Waals surface area (Å²) in [5.41, 5.74) is 2.03. The fourth-order valence-corrected chi connectivity index (χ4v) is 3.15. The minimum Gasteiger partial charge on any atom is -0.452 e. The molecule has 0 saturated heterocycles. The van der Waals surface area contributed by atoms with Crippen LogP contribution in [0.15, 0.2) is 72.8 Å². The van der Waals surface area contributed by atoms with Gasteiger partial charge in [-0.25, -0.2) is 0 Å². The molecule has 2 nitrogen and oxygen atoms in total. The Hall–Kier alpha value is -3.00. The average molecular weight is 283 g/mol. The molecule has 0 atom stereocenters. The Kier molecular flexibility index (Phi) is 2.25. The first-order valence-electron chi connectivity index (χ1n) is 7.38. The number of rotatable bonds is 0. The quantitative estimate of drug-likeness (QED) is 0.385. The molecule has 1 aliphatic heterocycles. The van der Waals surface area contributed by atoms with E-state index in [1.807, 2.05) is 24.3 Å². The highest BCUT2D eigenvalue weighted by atomic mass is 16.5.